The van der Waals surface area contributed by atoms with Gasteiger partial charge in [-0.25, -0.2) is 9.97 Å². The smallest absolute Gasteiger partial charge is 0.149 e. The Balaban J connectivity index is 2.29. The van der Waals surface area contributed by atoms with E-state index in [1.54, 1.807) is 6.07 Å². The lowest BCUT2D eigenvalue weighted by Crippen LogP contribution is -1.90. The highest BCUT2D eigenvalue weighted by Crippen LogP contribution is 2.41. The quantitative estimate of drug-likeness (QED) is 0.200. The minimum atomic E-state index is 0.149. The summed E-state index contributed by atoms with van der Waals surface area (Å²) in [5.74, 6) is 0. The molecule has 6 heteroatoms. The van der Waals surface area contributed by atoms with E-state index in [0.717, 1.165) is 21.8 Å². The second kappa shape index (κ2) is 5.10. The standard InChI is InChI=1S/C16H6Cl4N2/c17-9-6-11-8(5-7-3-1-2-4-10(7)21-11)15-12(9)13(18)14(19)16(20)22-15/h1-6H. The van der Waals surface area contributed by atoms with Crippen molar-refractivity contribution in [2.75, 3.05) is 0 Å². The molecule has 108 valence electrons. The molecule has 2 heterocycles. The highest BCUT2D eigenvalue weighted by atomic mass is 35.5. The molecule has 0 atom stereocenters. The van der Waals surface area contributed by atoms with Gasteiger partial charge in [-0.2, -0.15) is 0 Å². The van der Waals surface area contributed by atoms with Crippen molar-refractivity contribution in [3.8, 4) is 0 Å². The summed E-state index contributed by atoms with van der Waals surface area (Å²) in [6.07, 6.45) is 0. The van der Waals surface area contributed by atoms with E-state index < -0.39 is 0 Å². The molecule has 0 bridgehead atoms. The number of para-hydroxylation sites is 1. The van der Waals surface area contributed by atoms with E-state index in [1.165, 1.54) is 0 Å². The number of aromatic nitrogens is 2. The van der Waals surface area contributed by atoms with Crippen molar-refractivity contribution in [3.63, 3.8) is 0 Å². The van der Waals surface area contributed by atoms with Crippen molar-refractivity contribution in [1.29, 1.82) is 0 Å². The minimum Gasteiger partial charge on any atom is -0.248 e. The molecule has 0 unspecified atom stereocenters. The molecule has 2 aromatic carbocycles. The molecule has 0 saturated heterocycles. The van der Waals surface area contributed by atoms with Gasteiger partial charge in [-0.05, 0) is 18.2 Å². The Kier molecular flexibility index (Phi) is 3.31. The fourth-order valence-electron chi connectivity index (χ4n) is 2.54. The summed E-state index contributed by atoms with van der Waals surface area (Å²) in [5, 5.41) is 3.52. The molecule has 0 amide bonds. The highest BCUT2D eigenvalue weighted by molar-refractivity contribution is 6.52. The molecular formula is C16H6Cl4N2. The van der Waals surface area contributed by atoms with Gasteiger partial charge in [-0.3, -0.25) is 0 Å². The Bertz CT molecular complexity index is 1080. The highest BCUT2D eigenvalue weighted by Gasteiger charge is 2.17. The third-order valence-corrected chi connectivity index (χ3v) is 5.06. The molecule has 0 spiro atoms. The second-order valence-electron chi connectivity index (χ2n) is 4.86. The molecule has 0 aliphatic carbocycles. The summed E-state index contributed by atoms with van der Waals surface area (Å²) in [6, 6.07) is 11.6. The number of hydrogen-bond acceptors (Lipinski definition) is 2. The Labute approximate surface area is 145 Å². The first-order chi connectivity index (χ1) is 10.6. The van der Waals surface area contributed by atoms with Crippen molar-refractivity contribution < 1.29 is 0 Å². The van der Waals surface area contributed by atoms with Gasteiger partial charge in [0.05, 0.1) is 31.6 Å². The third-order valence-electron chi connectivity index (χ3n) is 3.55. The maximum atomic E-state index is 6.35. The van der Waals surface area contributed by atoms with Crippen LogP contribution in [0.5, 0.6) is 0 Å². The number of pyridine rings is 2. The first kappa shape index (κ1) is 14.3. The van der Waals surface area contributed by atoms with E-state index in [4.69, 9.17) is 46.4 Å². The molecule has 0 aliphatic rings. The predicted molar refractivity (Wildman–Crippen MR) is 94.6 cm³/mol. The number of halogens is 4. The van der Waals surface area contributed by atoms with Crippen molar-refractivity contribution >= 4 is 79.1 Å². The molecular weight excluding hydrogens is 362 g/mol. The van der Waals surface area contributed by atoms with E-state index in [0.29, 0.717) is 20.9 Å². The summed E-state index contributed by atoms with van der Waals surface area (Å²) in [5.41, 5.74) is 2.22. The van der Waals surface area contributed by atoms with Crippen LogP contribution in [0.2, 0.25) is 20.2 Å². The molecule has 2 nitrogen and oxygen atoms in total. The first-order valence-electron chi connectivity index (χ1n) is 6.38. The fourth-order valence-corrected chi connectivity index (χ4v) is 3.52. The van der Waals surface area contributed by atoms with Crippen LogP contribution in [0.25, 0.3) is 32.7 Å². The van der Waals surface area contributed by atoms with Gasteiger partial charge in [0, 0.05) is 16.2 Å². The lowest BCUT2D eigenvalue weighted by Gasteiger charge is -2.10. The van der Waals surface area contributed by atoms with Gasteiger partial charge < -0.3 is 0 Å². The fraction of sp³-hybridized carbons (Fsp3) is 0. The Hall–Kier alpha value is -1.32. The van der Waals surface area contributed by atoms with Gasteiger partial charge in [-0.15, -0.1) is 0 Å². The molecule has 22 heavy (non-hydrogen) atoms. The van der Waals surface area contributed by atoms with E-state index in [9.17, 15) is 0 Å². The van der Waals surface area contributed by atoms with Gasteiger partial charge in [0.25, 0.3) is 0 Å². The molecule has 0 fully saturated rings. The van der Waals surface area contributed by atoms with Gasteiger partial charge >= 0.3 is 0 Å². The molecule has 4 aromatic rings. The average Bonchev–Trinajstić information content (AvgIpc) is 2.51. The average molecular weight is 368 g/mol. The summed E-state index contributed by atoms with van der Waals surface area (Å²) >= 11 is 24.8. The number of nitrogens with zero attached hydrogens (tertiary/aromatic N) is 2. The first-order valence-corrected chi connectivity index (χ1v) is 7.89. The summed E-state index contributed by atoms with van der Waals surface area (Å²) in [7, 11) is 0. The van der Waals surface area contributed by atoms with Crippen LogP contribution < -0.4 is 0 Å². The maximum absolute atomic E-state index is 6.35. The minimum absolute atomic E-state index is 0.149. The van der Waals surface area contributed by atoms with Crippen molar-refractivity contribution in [2.24, 2.45) is 0 Å². The van der Waals surface area contributed by atoms with E-state index in [1.807, 2.05) is 30.3 Å². The zero-order valence-corrected chi connectivity index (χ0v) is 13.9. The van der Waals surface area contributed by atoms with E-state index >= 15 is 0 Å². The van der Waals surface area contributed by atoms with Crippen LogP contribution in [-0.2, 0) is 0 Å². The van der Waals surface area contributed by atoms with Crippen LogP contribution in [0.4, 0.5) is 0 Å². The lowest BCUT2D eigenvalue weighted by atomic mass is 10.1. The molecule has 4 rings (SSSR count). The number of benzene rings is 2. The summed E-state index contributed by atoms with van der Waals surface area (Å²) in [4.78, 5) is 8.98. The van der Waals surface area contributed by atoms with Crippen molar-refractivity contribution in [1.82, 2.24) is 9.97 Å². The molecule has 0 aliphatic heterocycles. The van der Waals surface area contributed by atoms with Crippen LogP contribution in [0.1, 0.15) is 0 Å². The SMILES string of the molecule is Clc1nc2c(c(Cl)cc3nc4ccccc4cc32)c(Cl)c1Cl. The van der Waals surface area contributed by atoms with Crippen LogP contribution in [0.3, 0.4) is 0 Å². The van der Waals surface area contributed by atoms with Crippen LogP contribution in [-0.4, -0.2) is 9.97 Å². The van der Waals surface area contributed by atoms with Crippen LogP contribution >= 0.6 is 46.4 Å². The zero-order chi connectivity index (χ0) is 15.4. The Morgan fingerprint density at radius 3 is 2.36 bits per heavy atom. The van der Waals surface area contributed by atoms with E-state index in [2.05, 4.69) is 9.97 Å². The summed E-state index contributed by atoms with van der Waals surface area (Å²) in [6.45, 7) is 0. The van der Waals surface area contributed by atoms with Crippen LogP contribution in [0.15, 0.2) is 36.4 Å². The maximum Gasteiger partial charge on any atom is 0.149 e. The van der Waals surface area contributed by atoms with Gasteiger partial charge in [0.1, 0.15) is 5.15 Å². The second-order valence-corrected chi connectivity index (χ2v) is 6.38. The predicted octanol–water partition coefficient (Wildman–Crippen LogP) is 6.55. The van der Waals surface area contributed by atoms with Gasteiger partial charge in [0.2, 0.25) is 0 Å². The van der Waals surface area contributed by atoms with E-state index in [-0.39, 0.29) is 10.2 Å². The number of fused-ring (bicyclic) bond motifs is 4. The van der Waals surface area contributed by atoms with Gasteiger partial charge in [0.15, 0.2) is 0 Å². The number of rotatable bonds is 0. The molecule has 0 N–H and O–H groups in total. The summed E-state index contributed by atoms with van der Waals surface area (Å²) < 4.78 is 0. The lowest BCUT2D eigenvalue weighted by molar-refractivity contribution is 1.41. The largest absolute Gasteiger partial charge is 0.248 e. The Morgan fingerprint density at radius 2 is 1.55 bits per heavy atom. The number of hydrogen-bond donors (Lipinski definition) is 0. The van der Waals surface area contributed by atoms with Crippen molar-refractivity contribution in [2.45, 2.75) is 0 Å². The van der Waals surface area contributed by atoms with Crippen molar-refractivity contribution in [3.05, 3.63) is 56.6 Å². The molecule has 0 saturated carbocycles. The normalized spacial score (nSPS) is 11.6. The molecule has 2 aromatic heterocycles. The Morgan fingerprint density at radius 1 is 0.773 bits per heavy atom. The third kappa shape index (κ3) is 2.03. The zero-order valence-electron chi connectivity index (χ0n) is 10.9. The molecule has 0 radical (unpaired) electrons. The van der Waals surface area contributed by atoms with Crippen LogP contribution in [0, 0.1) is 0 Å². The van der Waals surface area contributed by atoms with Gasteiger partial charge in [-0.1, -0.05) is 64.6 Å². The topological polar surface area (TPSA) is 25.8 Å². The monoisotopic (exact) mass is 366 g/mol.